The Hall–Kier alpha value is -1.32. The van der Waals surface area contributed by atoms with Gasteiger partial charge in [0, 0.05) is 11.9 Å². The molecule has 1 heterocycles. The number of aliphatic hydroxyl groups is 1. The summed E-state index contributed by atoms with van der Waals surface area (Å²) < 4.78 is 5.72. The van der Waals surface area contributed by atoms with Crippen molar-refractivity contribution in [2.45, 2.75) is 19.4 Å². The molecular weight excluding hydrogens is 214 g/mol. The zero-order chi connectivity index (χ0) is 12.4. The maximum absolute atomic E-state index is 10.0. The van der Waals surface area contributed by atoms with Gasteiger partial charge in [-0.15, -0.1) is 0 Å². The maximum atomic E-state index is 10.0. The van der Waals surface area contributed by atoms with Gasteiger partial charge >= 0.3 is 0 Å². The monoisotopic (exact) mass is 233 g/mol. The van der Waals surface area contributed by atoms with Gasteiger partial charge in [-0.2, -0.15) is 0 Å². The number of hydrogen-bond donors (Lipinski definition) is 1. The number of hydrogen-bond acceptors (Lipinski definition) is 3. The molecule has 2 aromatic rings. The van der Waals surface area contributed by atoms with Gasteiger partial charge in [0.1, 0.15) is 17.4 Å². The van der Waals surface area contributed by atoms with Crippen LogP contribution in [0, 0.1) is 6.92 Å². The number of aliphatic hydroxyl groups excluding tert-OH is 1. The van der Waals surface area contributed by atoms with Crippen LogP contribution in [0.5, 0.6) is 0 Å². The Morgan fingerprint density at radius 3 is 2.76 bits per heavy atom. The summed E-state index contributed by atoms with van der Waals surface area (Å²) in [5, 5.41) is 11.1. The van der Waals surface area contributed by atoms with Crippen LogP contribution in [0.15, 0.2) is 28.7 Å². The summed E-state index contributed by atoms with van der Waals surface area (Å²) in [7, 11) is 3.99. The third-order valence-electron chi connectivity index (χ3n) is 2.94. The molecule has 0 aliphatic rings. The van der Waals surface area contributed by atoms with Gasteiger partial charge in [-0.05, 0) is 39.1 Å². The van der Waals surface area contributed by atoms with E-state index < -0.39 is 6.10 Å². The van der Waals surface area contributed by atoms with Crippen molar-refractivity contribution < 1.29 is 9.52 Å². The van der Waals surface area contributed by atoms with E-state index in [-0.39, 0.29) is 0 Å². The van der Waals surface area contributed by atoms with Crippen LogP contribution >= 0.6 is 0 Å². The summed E-state index contributed by atoms with van der Waals surface area (Å²) in [6, 6.07) is 7.96. The van der Waals surface area contributed by atoms with Crippen LogP contribution in [0.2, 0.25) is 0 Å². The second-order valence-electron chi connectivity index (χ2n) is 4.75. The van der Waals surface area contributed by atoms with Crippen molar-refractivity contribution in [2.24, 2.45) is 0 Å². The number of fused-ring (bicyclic) bond motifs is 1. The molecule has 2 rings (SSSR count). The summed E-state index contributed by atoms with van der Waals surface area (Å²) in [5.41, 5.74) is 1.99. The van der Waals surface area contributed by atoms with E-state index in [4.69, 9.17) is 4.42 Å². The van der Waals surface area contributed by atoms with Crippen LogP contribution in [-0.4, -0.2) is 30.6 Å². The van der Waals surface area contributed by atoms with Crippen molar-refractivity contribution >= 4 is 11.0 Å². The molecule has 0 saturated carbocycles. The molecule has 0 fully saturated rings. The zero-order valence-corrected chi connectivity index (χ0v) is 10.6. The van der Waals surface area contributed by atoms with Gasteiger partial charge in [-0.1, -0.05) is 18.2 Å². The molecule has 1 aromatic carbocycles. The molecule has 0 saturated heterocycles. The summed E-state index contributed by atoms with van der Waals surface area (Å²) in [4.78, 5) is 2.05. The first-order valence-corrected chi connectivity index (χ1v) is 5.90. The highest BCUT2D eigenvalue weighted by molar-refractivity contribution is 5.80. The van der Waals surface area contributed by atoms with Crippen molar-refractivity contribution in [2.75, 3.05) is 20.6 Å². The minimum atomic E-state index is -0.524. The number of nitrogens with zero attached hydrogens (tertiary/aromatic N) is 1. The van der Waals surface area contributed by atoms with Gasteiger partial charge in [0.15, 0.2) is 0 Å². The molecule has 0 aliphatic carbocycles. The van der Waals surface area contributed by atoms with Crippen LogP contribution in [0.1, 0.15) is 23.8 Å². The van der Waals surface area contributed by atoms with E-state index in [1.54, 1.807) is 0 Å². The van der Waals surface area contributed by atoms with Crippen LogP contribution < -0.4 is 0 Å². The lowest BCUT2D eigenvalue weighted by molar-refractivity contribution is 0.131. The molecule has 3 nitrogen and oxygen atoms in total. The fourth-order valence-corrected chi connectivity index (χ4v) is 1.92. The van der Waals surface area contributed by atoms with Crippen LogP contribution in [0.25, 0.3) is 11.0 Å². The van der Waals surface area contributed by atoms with E-state index in [0.29, 0.717) is 12.2 Å². The quantitative estimate of drug-likeness (QED) is 0.882. The first-order valence-electron chi connectivity index (χ1n) is 5.90. The lowest BCUT2D eigenvalue weighted by atomic mass is 10.1. The minimum absolute atomic E-state index is 0.524. The normalized spacial score (nSPS) is 13.5. The van der Waals surface area contributed by atoms with E-state index >= 15 is 0 Å². The molecule has 0 amide bonds. The average molecular weight is 233 g/mol. The van der Waals surface area contributed by atoms with Crippen molar-refractivity contribution in [3.63, 3.8) is 0 Å². The fraction of sp³-hybridized carbons (Fsp3) is 0.429. The van der Waals surface area contributed by atoms with E-state index in [1.807, 2.05) is 45.3 Å². The Morgan fingerprint density at radius 2 is 2.12 bits per heavy atom. The smallest absolute Gasteiger partial charge is 0.137 e. The standard InChI is InChI=1S/C14H19NO2/c1-10-5-4-6-11-9-13(17-14(10)11)12(16)7-8-15(2)3/h4-6,9,12,16H,7-8H2,1-3H3. The summed E-state index contributed by atoms with van der Waals surface area (Å²) in [5.74, 6) is 0.663. The molecule has 0 radical (unpaired) electrons. The number of para-hydroxylation sites is 1. The Labute approximate surface area is 102 Å². The van der Waals surface area contributed by atoms with Crippen LogP contribution in [0.3, 0.4) is 0 Å². The highest BCUT2D eigenvalue weighted by Gasteiger charge is 2.14. The van der Waals surface area contributed by atoms with E-state index in [1.165, 1.54) is 0 Å². The topological polar surface area (TPSA) is 36.6 Å². The van der Waals surface area contributed by atoms with Gasteiger partial charge in [0.05, 0.1) is 0 Å². The van der Waals surface area contributed by atoms with Crippen molar-refractivity contribution in [3.05, 3.63) is 35.6 Å². The second kappa shape index (κ2) is 4.90. The highest BCUT2D eigenvalue weighted by Crippen LogP contribution is 2.27. The molecule has 0 aliphatic heterocycles. The number of rotatable bonds is 4. The van der Waals surface area contributed by atoms with Gasteiger partial charge in [0.25, 0.3) is 0 Å². The number of furan rings is 1. The van der Waals surface area contributed by atoms with Gasteiger partial charge < -0.3 is 14.4 Å². The third kappa shape index (κ3) is 2.68. The van der Waals surface area contributed by atoms with E-state index in [9.17, 15) is 5.11 Å². The van der Waals surface area contributed by atoms with Crippen LogP contribution in [0.4, 0.5) is 0 Å². The summed E-state index contributed by atoms with van der Waals surface area (Å²) in [6.07, 6.45) is 0.162. The van der Waals surface area contributed by atoms with Gasteiger partial charge in [-0.3, -0.25) is 0 Å². The fourth-order valence-electron chi connectivity index (χ4n) is 1.92. The van der Waals surface area contributed by atoms with Crippen LogP contribution in [-0.2, 0) is 0 Å². The van der Waals surface area contributed by atoms with Gasteiger partial charge in [-0.25, -0.2) is 0 Å². The molecule has 92 valence electrons. The SMILES string of the molecule is Cc1cccc2cc(C(O)CCN(C)C)oc12. The zero-order valence-electron chi connectivity index (χ0n) is 10.6. The van der Waals surface area contributed by atoms with E-state index in [0.717, 1.165) is 23.1 Å². The molecule has 0 spiro atoms. The average Bonchev–Trinajstić information content (AvgIpc) is 2.71. The highest BCUT2D eigenvalue weighted by atomic mass is 16.4. The van der Waals surface area contributed by atoms with Gasteiger partial charge in [0.2, 0.25) is 0 Å². The second-order valence-corrected chi connectivity index (χ2v) is 4.75. The Kier molecular flexibility index (Phi) is 3.50. The first kappa shape index (κ1) is 12.1. The largest absolute Gasteiger partial charge is 0.458 e. The maximum Gasteiger partial charge on any atom is 0.137 e. The Balaban J connectivity index is 2.21. The molecule has 1 aromatic heterocycles. The third-order valence-corrected chi connectivity index (χ3v) is 2.94. The molecule has 3 heteroatoms. The minimum Gasteiger partial charge on any atom is -0.458 e. The molecule has 17 heavy (non-hydrogen) atoms. The molecule has 0 bridgehead atoms. The lowest BCUT2D eigenvalue weighted by Gasteiger charge is -2.12. The molecule has 1 unspecified atom stereocenters. The predicted molar refractivity (Wildman–Crippen MR) is 69.1 cm³/mol. The number of aryl methyl sites for hydroxylation is 1. The first-order chi connectivity index (χ1) is 8.08. The number of benzene rings is 1. The summed E-state index contributed by atoms with van der Waals surface area (Å²) in [6.45, 7) is 2.86. The predicted octanol–water partition coefficient (Wildman–Crippen LogP) is 2.73. The molecule has 1 atom stereocenters. The van der Waals surface area contributed by atoms with Crippen molar-refractivity contribution in [1.29, 1.82) is 0 Å². The van der Waals surface area contributed by atoms with E-state index in [2.05, 4.69) is 4.90 Å². The Bertz CT molecular complexity index is 502. The molecule has 1 N–H and O–H groups in total. The van der Waals surface area contributed by atoms with Crippen molar-refractivity contribution in [3.8, 4) is 0 Å². The lowest BCUT2D eigenvalue weighted by Crippen LogP contribution is -2.15. The Morgan fingerprint density at radius 1 is 1.35 bits per heavy atom. The molecular formula is C14H19NO2. The summed E-state index contributed by atoms with van der Waals surface area (Å²) >= 11 is 0. The van der Waals surface area contributed by atoms with Crippen molar-refractivity contribution in [1.82, 2.24) is 4.90 Å².